The van der Waals surface area contributed by atoms with E-state index < -0.39 is 0 Å². The van der Waals surface area contributed by atoms with Crippen LogP contribution in [0.15, 0.2) is 18.3 Å². The normalized spacial score (nSPS) is 17.5. The van der Waals surface area contributed by atoms with E-state index in [4.69, 9.17) is 11.6 Å². The van der Waals surface area contributed by atoms with Gasteiger partial charge in [-0.25, -0.2) is 4.98 Å². The van der Waals surface area contributed by atoms with Gasteiger partial charge in [-0.1, -0.05) is 6.07 Å². The summed E-state index contributed by atoms with van der Waals surface area (Å²) in [6.45, 7) is 2.27. The van der Waals surface area contributed by atoms with E-state index in [1.807, 2.05) is 12.3 Å². The fraction of sp³-hybridized carbons (Fsp3) is 0.583. The highest BCUT2D eigenvalue weighted by molar-refractivity contribution is 6.17. The first-order valence-electron chi connectivity index (χ1n) is 5.46. The number of alkyl halides is 1. The molecule has 1 aliphatic rings. The molecule has 0 N–H and O–H groups in total. The predicted molar refractivity (Wildman–Crippen MR) is 64.4 cm³/mol. The first-order valence-corrected chi connectivity index (χ1v) is 5.99. The largest absolute Gasteiger partial charge is 0.357 e. The van der Waals surface area contributed by atoms with Crippen molar-refractivity contribution >= 4 is 17.4 Å². The van der Waals surface area contributed by atoms with E-state index in [-0.39, 0.29) is 0 Å². The average molecular weight is 225 g/mol. The number of hydrogen-bond acceptors (Lipinski definition) is 2. The summed E-state index contributed by atoms with van der Waals surface area (Å²) in [5.41, 5.74) is 1.08. The Morgan fingerprint density at radius 1 is 1.53 bits per heavy atom. The zero-order chi connectivity index (χ0) is 10.8. The Morgan fingerprint density at radius 3 is 2.73 bits per heavy atom. The van der Waals surface area contributed by atoms with E-state index in [1.165, 1.54) is 12.8 Å². The summed E-state index contributed by atoms with van der Waals surface area (Å²) in [5.74, 6) is 2.45. The average Bonchev–Trinajstić information content (AvgIpc) is 3.11. The van der Waals surface area contributed by atoms with Crippen molar-refractivity contribution in [3.8, 4) is 0 Å². The maximum absolute atomic E-state index is 5.73. The van der Waals surface area contributed by atoms with Gasteiger partial charge in [-0.2, -0.15) is 0 Å². The third-order valence-electron chi connectivity index (χ3n) is 3.24. The van der Waals surface area contributed by atoms with E-state index in [9.17, 15) is 0 Å². The Labute approximate surface area is 96.3 Å². The molecule has 1 aromatic rings. The molecule has 0 spiro atoms. The van der Waals surface area contributed by atoms with Gasteiger partial charge in [-0.3, -0.25) is 0 Å². The molecule has 1 unspecified atom stereocenters. The molecule has 1 saturated carbocycles. The van der Waals surface area contributed by atoms with Crippen molar-refractivity contribution in [3.63, 3.8) is 0 Å². The van der Waals surface area contributed by atoms with Crippen molar-refractivity contribution in [2.75, 3.05) is 11.9 Å². The van der Waals surface area contributed by atoms with Gasteiger partial charge < -0.3 is 4.90 Å². The van der Waals surface area contributed by atoms with Crippen LogP contribution in [-0.2, 0) is 5.88 Å². The minimum Gasteiger partial charge on any atom is -0.357 e. The van der Waals surface area contributed by atoms with E-state index in [1.54, 1.807) is 0 Å². The van der Waals surface area contributed by atoms with Crippen LogP contribution in [0, 0.1) is 5.92 Å². The van der Waals surface area contributed by atoms with Gasteiger partial charge in [0.1, 0.15) is 5.82 Å². The molecule has 1 aromatic heterocycles. The van der Waals surface area contributed by atoms with E-state index in [0.717, 1.165) is 17.3 Å². The van der Waals surface area contributed by atoms with Gasteiger partial charge in [0.15, 0.2) is 0 Å². The van der Waals surface area contributed by atoms with Gasteiger partial charge in [0, 0.05) is 25.2 Å². The number of hydrogen-bond donors (Lipinski definition) is 0. The highest BCUT2D eigenvalue weighted by Crippen LogP contribution is 2.35. The van der Waals surface area contributed by atoms with Crippen LogP contribution >= 0.6 is 11.6 Å². The third-order valence-corrected chi connectivity index (χ3v) is 3.55. The molecular formula is C12H17ClN2. The third kappa shape index (κ3) is 2.43. The Kier molecular flexibility index (Phi) is 3.15. The Hall–Kier alpha value is -0.760. The minimum atomic E-state index is 0.537. The summed E-state index contributed by atoms with van der Waals surface area (Å²) >= 11 is 5.73. The van der Waals surface area contributed by atoms with Crippen LogP contribution in [0.5, 0.6) is 0 Å². The molecule has 0 bridgehead atoms. The predicted octanol–water partition coefficient (Wildman–Crippen LogP) is 3.06. The zero-order valence-corrected chi connectivity index (χ0v) is 10.0. The first kappa shape index (κ1) is 10.7. The van der Waals surface area contributed by atoms with E-state index in [0.29, 0.717) is 11.9 Å². The zero-order valence-electron chi connectivity index (χ0n) is 9.28. The smallest absolute Gasteiger partial charge is 0.128 e. The summed E-state index contributed by atoms with van der Waals surface area (Å²) in [5, 5.41) is 0. The van der Waals surface area contributed by atoms with Crippen LogP contribution in [-0.4, -0.2) is 18.1 Å². The van der Waals surface area contributed by atoms with Crippen molar-refractivity contribution in [2.24, 2.45) is 5.92 Å². The summed E-state index contributed by atoms with van der Waals surface area (Å²) in [6, 6.07) is 4.70. The molecule has 1 fully saturated rings. The van der Waals surface area contributed by atoms with Gasteiger partial charge in [0.2, 0.25) is 0 Å². The molecule has 15 heavy (non-hydrogen) atoms. The molecule has 1 atom stereocenters. The van der Waals surface area contributed by atoms with Gasteiger partial charge in [-0.05, 0) is 37.3 Å². The molecule has 1 heterocycles. The number of pyridine rings is 1. The molecule has 82 valence electrons. The number of rotatable bonds is 4. The van der Waals surface area contributed by atoms with Crippen LogP contribution in [0.1, 0.15) is 25.3 Å². The molecule has 0 radical (unpaired) electrons. The summed E-state index contributed by atoms with van der Waals surface area (Å²) in [4.78, 5) is 6.68. The minimum absolute atomic E-state index is 0.537. The lowest BCUT2D eigenvalue weighted by atomic mass is 10.2. The maximum Gasteiger partial charge on any atom is 0.128 e. The van der Waals surface area contributed by atoms with Gasteiger partial charge in [0.05, 0.1) is 0 Å². The van der Waals surface area contributed by atoms with Gasteiger partial charge >= 0.3 is 0 Å². The molecule has 2 nitrogen and oxygen atoms in total. The van der Waals surface area contributed by atoms with Crippen LogP contribution in [0.4, 0.5) is 5.82 Å². The maximum atomic E-state index is 5.73. The van der Waals surface area contributed by atoms with Crippen LogP contribution in [0.3, 0.4) is 0 Å². The van der Waals surface area contributed by atoms with Gasteiger partial charge in [0.25, 0.3) is 0 Å². The van der Waals surface area contributed by atoms with Crippen LogP contribution in [0.25, 0.3) is 0 Å². The highest BCUT2D eigenvalue weighted by Gasteiger charge is 2.30. The molecule has 3 heteroatoms. The number of aromatic nitrogens is 1. The SMILES string of the molecule is CC(C1CC1)N(C)c1ccc(CCl)cn1. The number of anilines is 1. The summed E-state index contributed by atoms with van der Waals surface area (Å²) in [6.07, 6.45) is 4.59. The lowest BCUT2D eigenvalue weighted by Gasteiger charge is -2.25. The van der Waals surface area contributed by atoms with E-state index >= 15 is 0 Å². The van der Waals surface area contributed by atoms with Crippen molar-refractivity contribution < 1.29 is 0 Å². The standard InChI is InChI=1S/C12H17ClN2/c1-9(11-4-5-11)15(2)12-6-3-10(7-13)8-14-12/h3,6,8-9,11H,4-5,7H2,1-2H3. The molecule has 2 rings (SSSR count). The topological polar surface area (TPSA) is 16.1 Å². The van der Waals surface area contributed by atoms with Crippen molar-refractivity contribution in [1.82, 2.24) is 4.98 Å². The molecule has 0 saturated heterocycles. The Morgan fingerprint density at radius 2 is 2.27 bits per heavy atom. The molecule has 1 aliphatic carbocycles. The van der Waals surface area contributed by atoms with Crippen LogP contribution < -0.4 is 4.90 Å². The molecule has 0 amide bonds. The van der Waals surface area contributed by atoms with Crippen molar-refractivity contribution in [1.29, 1.82) is 0 Å². The Balaban J connectivity index is 2.07. The molecular weight excluding hydrogens is 208 g/mol. The first-order chi connectivity index (χ1) is 7.22. The second kappa shape index (κ2) is 4.40. The fourth-order valence-electron chi connectivity index (χ4n) is 1.81. The second-order valence-corrected chi connectivity index (χ2v) is 4.61. The fourth-order valence-corrected chi connectivity index (χ4v) is 1.97. The lowest BCUT2D eigenvalue weighted by Crippen LogP contribution is -2.31. The molecule has 0 aliphatic heterocycles. The van der Waals surface area contributed by atoms with Gasteiger partial charge in [-0.15, -0.1) is 11.6 Å². The number of nitrogens with zero attached hydrogens (tertiary/aromatic N) is 2. The second-order valence-electron chi connectivity index (χ2n) is 4.35. The summed E-state index contributed by atoms with van der Waals surface area (Å²) in [7, 11) is 2.12. The van der Waals surface area contributed by atoms with E-state index in [2.05, 4.69) is 29.9 Å². The highest BCUT2D eigenvalue weighted by atomic mass is 35.5. The lowest BCUT2D eigenvalue weighted by molar-refractivity contribution is 0.604. The summed E-state index contributed by atoms with van der Waals surface area (Å²) < 4.78 is 0. The monoisotopic (exact) mass is 224 g/mol. The Bertz CT molecular complexity index is 319. The quantitative estimate of drug-likeness (QED) is 0.731. The van der Waals surface area contributed by atoms with Crippen molar-refractivity contribution in [3.05, 3.63) is 23.9 Å². The van der Waals surface area contributed by atoms with Crippen molar-refractivity contribution in [2.45, 2.75) is 31.7 Å². The van der Waals surface area contributed by atoms with Crippen LogP contribution in [0.2, 0.25) is 0 Å². The molecule has 0 aromatic carbocycles. The number of halogens is 1.